The number of ether oxygens (including phenoxy) is 1. The second-order valence-electron chi connectivity index (χ2n) is 15.3. The first kappa shape index (κ1) is 45.7. The van der Waals surface area contributed by atoms with Crippen LogP contribution in [0.25, 0.3) is 66.1 Å². The second kappa shape index (κ2) is 19.3. The summed E-state index contributed by atoms with van der Waals surface area (Å²) in [5.74, 6) is 0.127. The van der Waals surface area contributed by atoms with Crippen molar-refractivity contribution in [2.75, 3.05) is 13.2 Å². The first-order valence-corrected chi connectivity index (χ1v) is 22.8. The van der Waals surface area contributed by atoms with Crippen LogP contribution in [-0.2, 0) is 10.3 Å². The summed E-state index contributed by atoms with van der Waals surface area (Å²) in [6.07, 6.45) is 2.56. The van der Waals surface area contributed by atoms with E-state index in [-0.39, 0.29) is 39.1 Å². The van der Waals surface area contributed by atoms with Gasteiger partial charge in [-0.05, 0) is 93.5 Å². The minimum Gasteiger partial charge on any atom is -1.00 e. The monoisotopic (exact) mass is 1040 g/mol. The van der Waals surface area contributed by atoms with Gasteiger partial charge in [-0.25, -0.2) is 0 Å². The molecule has 0 bridgehead atoms. The summed E-state index contributed by atoms with van der Waals surface area (Å²) < 4.78 is 19.8. The van der Waals surface area contributed by atoms with Crippen LogP contribution < -0.4 is 0 Å². The van der Waals surface area contributed by atoms with Gasteiger partial charge >= 0.3 is 23.1 Å². The minimum absolute atomic E-state index is 0. The zero-order valence-electron chi connectivity index (χ0n) is 35.9. The van der Waals surface area contributed by atoms with Crippen molar-refractivity contribution in [3.05, 3.63) is 211 Å². The quantitative estimate of drug-likeness (QED) is 0.166. The average molecular weight is 1050 g/mol. The van der Waals surface area contributed by atoms with E-state index < -0.39 is 5.60 Å². The van der Waals surface area contributed by atoms with Crippen molar-refractivity contribution in [2.24, 2.45) is 0 Å². The molecule has 3 aliphatic rings. The van der Waals surface area contributed by atoms with Crippen molar-refractivity contribution < 1.29 is 26.3 Å². The van der Waals surface area contributed by atoms with Gasteiger partial charge in [0.15, 0.2) is 5.78 Å². The van der Waals surface area contributed by atoms with E-state index in [0.29, 0.717) is 0 Å². The van der Waals surface area contributed by atoms with Crippen LogP contribution in [0.3, 0.4) is 0 Å². The summed E-state index contributed by atoms with van der Waals surface area (Å²) in [4.78, 5) is 12.0. The molecule has 3 heterocycles. The molecule has 1 atom stereocenters. The number of halogens is 3. The Morgan fingerprint density at radius 1 is 0.469 bits per heavy atom. The van der Waals surface area contributed by atoms with E-state index in [9.17, 15) is 9.90 Å². The van der Waals surface area contributed by atoms with Crippen LogP contribution in [0.2, 0.25) is 0 Å². The Bertz CT molecular complexity index is 3340. The summed E-state index contributed by atoms with van der Waals surface area (Å²) in [5.41, 5.74) is 10.5. The number of carbonyl (C=O) groups is 1. The van der Waals surface area contributed by atoms with Gasteiger partial charge in [0.25, 0.3) is 0 Å². The number of hydrogen-bond donors (Lipinski definition) is 1. The third kappa shape index (κ3) is 8.21. The van der Waals surface area contributed by atoms with Crippen LogP contribution in [0.15, 0.2) is 192 Å². The van der Waals surface area contributed by atoms with Crippen molar-refractivity contribution in [3.63, 3.8) is 0 Å². The Balaban J connectivity index is 0.000000161. The van der Waals surface area contributed by atoms with Crippen molar-refractivity contribution in [3.8, 4) is 22.3 Å². The van der Waals surface area contributed by atoms with Gasteiger partial charge in [0, 0.05) is 71.5 Å². The number of ketones is 1. The Morgan fingerprint density at radius 3 is 1.62 bits per heavy atom. The molecule has 5 nitrogen and oxygen atoms in total. The number of hydrogen-bond acceptors (Lipinski definition) is 5. The fraction of sp³-hybridized carbons (Fsp3) is 0.109. The van der Waals surface area contributed by atoms with Gasteiger partial charge in [0.1, 0.15) is 27.9 Å². The number of rotatable bonds is 1. The predicted molar refractivity (Wildman–Crippen MR) is 275 cm³/mol. The van der Waals surface area contributed by atoms with Crippen LogP contribution in [-0.4, -0.2) is 47.2 Å². The third-order valence-electron chi connectivity index (χ3n) is 11.6. The van der Waals surface area contributed by atoms with Gasteiger partial charge < -0.3 is 21.5 Å². The van der Waals surface area contributed by atoms with Crippen molar-refractivity contribution in [1.82, 2.24) is 0 Å². The van der Waals surface area contributed by atoms with E-state index in [4.69, 9.17) is 13.6 Å². The van der Waals surface area contributed by atoms with E-state index in [2.05, 4.69) is 84.2 Å². The predicted octanol–water partition coefficient (Wildman–Crippen LogP) is 15.9. The summed E-state index contributed by atoms with van der Waals surface area (Å²) in [5, 5.41) is 16.6. The molecule has 13 rings (SSSR count). The van der Waals surface area contributed by atoms with Crippen molar-refractivity contribution in [1.29, 1.82) is 0 Å². The fourth-order valence-corrected chi connectivity index (χ4v) is 9.94. The number of benzene rings is 8. The molecular weight excluding hydrogens is 1000 g/mol. The van der Waals surface area contributed by atoms with Gasteiger partial charge in [-0.3, -0.25) is 4.79 Å². The van der Waals surface area contributed by atoms with E-state index in [1.54, 1.807) is 0 Å². The maximum Gasteiger partial charge on any atom is 2.00 e. The Morgan fingerprint density at radius 2 is 0.953 bits per heavy atom. The molecule has 2 aromatic heterocycles. The molecule has 1 aliphatic heterocycles. The normalized spacial score (nSPS) is 15.0. The summed E-state index contributed by atoms with van der Waals surface area (Å²) in [7, 11) is 0. The second-order valence-corrected chi connectivity index (χ2v) is 18.0. The van der Waals surface area contributed by atoms with E-state index >= 15 is 0 Å². The zero-order valence-corrected chi connectivity index (χ0v) is 40.1. The van der Waals surface area contributed by atoms with Gasteiger partial charge in [-0.15, -0.1) is 0 Å². The SMILES string of the molecule is Brc1cccc2c1oc1ccccc12.C.C1CCOC1.O=C1c2ccccc2-c2ccc(Br)cc21.OC1(c2cccc3c2oc2ccccc23)c2ccccc2-c2ccc(Br)cc21.[H-].[H-].[Mg+2]. The number of aliphatic hydroxyl groups is 1. The molecule has 8 aromatic carbocycles. The summed E-state index contributed by atoms with van der Waals surface area (Å²) >= 11 is 10.4. The molecule has 64 heavy (non-hydrogen) atoms. The Hall–Kier alpha value is -4.84. The van der Waals surface area contributed by atoms with E-state index in [1.807, 2.05) is 133 Å². The number of carbonyl (C=O) groups excluding carboxylic acids is 1. The molecule has 2 aliphatic carbocycles. The van der Waals surface area contributed by atoms with Gasteiger partial charge in [0.05, 0.1) is 4.47 Å². The van der Waals surface area contributed by atoms with Crippen molar-refractivity contribution in [2.45, 2.75) is 25.9 Å². The maximum atomic E-state index is 12.2. The first-order valence-electron chi connectivity index (χ1n) is 20.4. The molecule has 10 aromatic rings. The molecule has 0 radical (unpaired) electrons. The largest absolute Gasteiger partial charge is 2.00 e. The first-order chi connectivity index (χ1) is 30.3. The molecular formula is C55H43Br3MgO5. The van der Waals surface area contributed by atoms with E-state index in [0.717, 1.165) is 115 Å². The fourth-order valence-electron chi connectivity index (χ4n) is 8.77. The Labute approximate surface area is 416 Å². The van der Waals surface area contributed by atoms with Crippen LogP contribution in [0, 0.1) is 0 Å². The third-order valence-corrected chi connectivity index (χ3v) is 13.3. The van der Waals surface area contributed by atoms with Crippen LogP contribution in [0.5, 0.6) is 0 Å². The Kier molecular flexibility index (Phi) is 13.8. The van der Waals surface area contributed by atoms with Gasteiger partial charge in [-0.2, -0.15) is 0 Å². The maximum absolute atomic E-state index is 12.2. The van der Waals surface area contributed by atoms with Crippen LogP contribution in [0.1, 0.15) is 55.7 Å². The van der Waals surface area contributed by atoms with Crippen LogP contribution >= 0.6 is 47.8 Å². The minimum atomic E-state index is -1.27. The van der Waals surface area contributed by atoms with Crippen LogP contribution in [0.4, 0.5) is 0 Å². The zero-order chi connectivity index (χ0) is 42.4. The molecule has 1 unspecified atom stereocenters. The van der Waals surface area contributed by atoms with E-state index in [1.165, 1.54) is 18.2 Å². The molecule has 0 spiro atoms. The summed E-state index contributed by atoms with van der Waals surface area (Å²) in [6, 6.07) is 55.9. The molecule has 0 saturated carbocycles. The average Bonchev–Trinajstić information content (AvgIpc) is 4.16. The summed E-state index contributed by atoms with van der Waals surface area (Å²) in [6.45, 7) is 2.00. The smallest absolute Gasteiger partial charge is 1.00 e. The van der Waals surface area contributed by atoms with Gasteiger partial charge in [-0.1, -0.05) is 167 Å². The molecule has 0 amide bonds. The molecule has 1 fully saturated rings. The van der Waals surface area contributed by atoms with Gasteiger partial charge in [0.2, 0.25) is 0 Å². The molecule has 316 valence electrons. The van der Waals surface area contributed by atoms with Crippen molar-refractivity contribution >= 4 is 121 Å². The standard InChI is InChI=1S/C25H15BrO2.C13H7BrO.C12H7BrO.C4H8O.CH4.Mg.2H/c26-15-12-13-17-16-6-1-3-9-20(16)25(27,22(17)14-15)21-10-5-8-19-18-7-2-4-11-23(18)28-24(19)21;14-8-5-6-10-9-3-1-2-4-11(9)13(15)12(10)7-8;13-10-6-3-5-9-8-4-1-2-7-11(8)14-12(9)10;1-2-4-5-3-1;;;;/h1-14,27H;1-7H;1-7H;1-4H2;1H4;;;/q;;;;;+2;2*-1. The topological polar surface area (TPSA) is 72.8 Å². The number of furan rings is 2. The molecule has 1 N–H and O–H groups in total. The molecule has 1 saturated heterocycles. The molecule has 9 heteroatoms. The number of para-hydroxylation sites is 4. The number of fused-ring (bicyclic) bond motifs is 12.